The van der Waals surface area contributed by atoms with Crippen LogP contribution in [0, 0.1) is 6.92 Å². The standard InChI is InChI=1S/C11H15NO3/c1-3-14-11(13)7-15-10-6-4-5-9(12)8(10)2/h4-6H,3,7,12H2,1-2H3. The van der Waals surface area contributed by atoms with Crippen LogP contribution in [0.2, 0.25) is 0 Å². The van der Waals surface area contributed by atoms with Crippen molar-refractivity contribution in [2.24, 2.45) is 0 Å². The molecule has 0 heterocycles. The Labute approximate surface area is 89.0 Å². The summed E-state index contributed by atoms with van der Waals surface area (Å²) >= 11 is 0. The topological polar surface area (TPSA) is 61.5 Å². The van der Waals surface area contributed by atoms with Crippen molar-refractivity contribution in [3.8, 4) is 5.75 Å². The van der Waals surface area contributed by atoms with Crippen molar-refractivity contribution in [3.05, 3.63) is 23.8 Å². The SMILES string of the molecule is CCOC(=O)COc1cccc(N)c1C. The third kappa shape index (κ3) is 3.16. The summed E-state index contributed by atoms with van der Waals surface area (Å²) in [5.41, 5.74) is 7.17. The van der Waals surface area contributed by atoms with E-state index in [1.807, 2.05) is 6.92 Å². The van der Waals surface area contributed by atoms with E-state index in [0.29, 0.717) is 18.0 Å². The number of nitrogen functional groups attached to an aromatic ring is 1. The smallest absolute Gasteiger partial charge is 0.344 e. The van der Waals surface area contributed by atoms with Gasteiger partial charge in [0.05, 0.1) is 6.61 Å². The lowest BCUT2D eigenvalue weighted by Crippen LogP contribution is -2.15. The highest BCUT2D eigenvalue weighted by atomic mass is 16.6. The maximum absolute atomic E-state index is 11.0. The predicted octanol–water partition coefficient (Wildman–Crippen LogP) is 1.52. The Morgan fingerprint density at radius 3 is 2.87 bits per heavy atom. The Balaban J connectivity index is 2.58. The van der Waals surface area contributed by atoms with Gasteiger partial charge in [-0.3, -0.25) is 0 Å². The van der Waals surface area contributed by atoms with Crippen molar-refractivity contribution in [1.29, 1.82) is 0 Å². The van der Waals surface area contributed by atoms with E-state index in [9.17, 15) is 4.79 Å². The van der Waals surface area contributed by atoms with Gasteiger partial charge in [0.2, 0.25) is 0 Å². The highest BCUT2D eigenvalue weighted by Crippen LogP contribution is 2.22. The molecule has 1 aromatic rings. The van der Waals surface area contributed by atoms with Crippen LogP contribution >= 0.6 is 0 Å². The third-order valence-corrected chi connectivity index (χ3v) is 1.98. The first-order chi connectivity index (χ1) is 7.15. The second kappa shape index (κ2) is 5.24. The zero-order chi connectivity index (χ0) is 11.3. The number of ether oxygens (including phenoxy) is 2. The number of benzene rings is 1. The van der Waals surface area contributed by atoms with Gasteiger partial charge in [-0.2, -0.15) is 0 Å². The lowest BCUT2D eigenvalue weighted by atomic mass is 10.2. The molecule has 0 aromatic heterocycles. The molecule has 1 aromatic carbocycles. The summed E-state index contributed by atoms with van der Waals surface area (Å²) in [5, 5.41) is 0. The lowest BCUT2D eigenvalue weighted by molar-refractivity contribution is -0.145. The van der Waals surface area contributed by atoms with Gasteiger partial charge in [0.15, 0.2) is 6.61 Å². The van der Waals surface area contributed by atoms with Crippen LogP contribution in [0.15, 0.2) is 18.2 Å². The first-order valence-corrected chi connectivity index (χ1v) is 4.78. The highest BCUT2D eigenvalue weighted by Gasteiger charge is 2.06. The monoisotopic (exact) mass is 209 g/mol. The number of anilines is 1. The minimum absolute atomic E-state index is 0.0852. The van der Waals surface area contributed by atoms with Crippen LogP contribution in [0.3, 0.4) is 0 Å². The van der Waals surface area contributed by atoms with Crippen molar-refractivity contribution in [2.75, 3.05) is 18.9 Å². The van der Waals surface area contributed by atoms with Gasteiger partial charge in [0, 0.05) is 11.3 Å². The molecule has 0 saturated carbocycles. The molecular formula is C11H15NO3. The number of rotatable bonds is 4. The molecule has 0 atom stereocenters. The van der Waals surface area contributed by atoms with E-state index >= 15 is 0 Å². The average molecular weight is 209 g/mol. The van der Waals surface area contributed by atoms with Crippen LogP contribution in [-0.4, -0.2) is 19.2 Å². The molecule has 4 heteroatoms. The summed E-state index contributed by atoms with van der Waals surface area (Å²) in [4.78, 5) is 11.0. The fourth-order valence-corrected chi connectivity index (χ4v) is 1.13. The molecule has 0 unspecified atom stereocenters. The highest BCUT2D eigenvalue weighted by molar-refractivity contribution is 5.71. The van der Waals surface area contributed by atoms with E-state index in [4.69, 9.17) is 15.2 Å². The summed E-state index contributed by atoms with van der Waals surface area (Å²) in [6.45, 7) is 3.87. The number of hydrogen-bond donors (Lipinski definition) is 1. The predicted molar refractivity (Wildman–Crippen MR) is 57.7 cm³/mol. The van der Waals surface area contributed by atoms with E-state index in [2.05, 4.69) is 0 Å². The maximum atomic E-state index is 11.0. The van der Waals surface area contributed by atoms with E-state index in [0.717, 1.165) is 5.56 Å². The summed E-state index contributed by atoms with van der Waals surface area (Å²) in [7, 11) is 0. The molecule has 0 fully saturated rings. The second-order valence-electron chi connectivity index (χ2n) is 3.06. The Morgan fingerprint density at radius 1 is 1.47 bits per heavy atom. The first kappa shape index (κ1) is 11.4. The van der Waals surface area contributed by atoms with Crippen LogP contribution in [0.5, 0.6) is 5.75 Å². The van der Waals surface area contributed by atoms with Crippen LogP contribution in [0.25, 0.3) is 0 Å². The molecule has 0 spiro atoms. The fraction of sp³-hybridized carbons (Fsp3) is 0.364. The van der Waals surface area contributed by atoms with Gasteiger partial charge in [-0.25, -0.2) is 4.79 Å². The van der Waals surface area contributed by atoms with Gasteiger partial charge in [0.1, 0.15) is 5.75 Å². The Bertz CT molecular complexity index is 350. The van der Waals surface area contributed by atoms with Crippen molar-refractivity contribution < 1.29 is 14.3 Å². The summed E-state index contributed by atoms with van der Waals surface area (Å²) in [6.07, 6.45) is 0. The minimum Gasteiger partial charge on any atom is -0.482 e. The largest absolute Gasteiger partial charge is 0.482 e. The number of esters is 1. The van der Waals surface area contributed by atoms with E-state index in [1.165, 1.54) is 0 Å². The van der Waals surface area contributed by atoms with Gasteiger partial charge >= 0.3 is 5.97 Å². The number of nitrogens with two attached hydrogens (primary N) is 1. The molecule has 0 aliphatic heterocycles. The Kier molecular flexibility index (Phi) is 3.97. The minimum atomic E-state index is -0.376. The molecule has 82 valence electrons. The van der Waals surface area contributed by atoms with Crippen molar-refractivity contribution in [1.82, 2.24) is 0 Å². The lowest BCUT2D eigenvalue weighted by Gasteiger charge is -2.09. The number of carbonyl (C=O) groups is 1. The maximum Gasteiger partial charge on any atom is 0.344 e. The molecular weight excluding hydrogens is 194 g/mol. The molecule has 0 aliphatic rings. The average Bonchev–Trinajstić information content (AvgIpc) is 2.21. The van der Waals surface area contributed by atoms with E-state index < -0.39 is 0 Å². The zero-order valence-electron chi connectivity index (χ0n) is 8.95. The van der Waals surface area contributed by atoms with Crippen molar-refractivity contribution >= 4 is 11.7 Å². The van der Waals surface area contributed by atoms with Crippen LogP contribution in [-0.2, 0) is 9.53 Å². The first-order valence-electron chi connectivity index (χ1n) is 4.78. The van der Waals surface area contributed by atoms with Crippen LogP contribution in [0.1, 0.15) is 12.5 Å². The van der Waals surface area contributed by atoms with Gasteiger partial charge < -0.3 is 15.2 Å². The fourth-order valence-electron chi connectivity index (χ4n) is 1.13. The summed E-state index contributed by atoms with van der Waals surface area (Å²) in [5.74, 6) is 0.238. The third-order valence-electron chi connectivity index (χ3n) is 1.98. The molecule has 15 heavy (non-hydrogen) atoms. The van der Waals surface area contributed by atoms with Crippen molar-refractivity contribution in [3.63, 3.8) is 0 Å². The van der Waals surface area contributed by atoms with Gasteiger partial charge in [-0.1, -0.05) is 6.07 Å². The van der Waals surface area contributed by atoms with E-state index in [1.54, 1.807) is 25.1 Å². The molecule has 0 amide bonds. The molecule has 1 rings (SSSR count). The molecule has 0 bridgehead atoms. The second-order valence-corrected chi connectivity index (χ2v) is 3.06. The van der Waals surface area contributed by atoms with E-state index in [-0.39, 0.29) is 12.6 Å². The van der Waals surface area contributed by atoms with Gasteiger partial charge in [0.25, 0.3) is 0 Å². The quantitative estimate of drug-likeness (QED) is 0.603. The Morgan fingerprint density at radius 2 is 2.20 bits per heavy atom. The molecule has 0 radical (unpaired) electrons. The Hall–Kier alpha value is -1.71. The number of carbonyl (C=O) groups excluding carboxylic acids is 1. The molecule has 0 aliphatic carbocycles. The van der Waals surface area contributed by atoms with Gasteiger partial charge in [-0.05, 0) is 26.0 Å². The number of hydrogen-bond acceptors (Lipinski definition) is 4. The molecule has 0 saturated heterocycles. The zero-order valence-corrected chi connectivity index (χ0v) is 8.95. The van der Waals surface area contributed by atoms with Crippen LogP contribution in [0.4, 0.5) is 5.69 Å². The van der Waals surface area contributed by atoms with Crippen LogP contribution < -0.4 is 10.5 Å². The molecule has 4 nitrogen and oxygen atoms in total. The van der Waals surface area contributed by atoms with Gasteiger partial charge in [-0.15, -0.1) is 0 Å². The van der Waals surface area contributed by atoms with Crippen molar-refractivity contribution in [2.45, 2.75) is 13.8 Å². The summed E-state index contributed by atoms with van der Waals surface area (Å²) in [6, 6.07) is 5.33. The molecule has 2 N–H and O–H groups in total. The summed E-state index contributed by atoms with van der Waals surface area (Å²) < 4.78 is 10.0. The normalized spacial score (nSPS) is 9.73.